The van der Waals surface area contributed by atoms with Crippen LogP contribution in [-0.2, 0) is 0 Å². The van der Waals surface area contributed by atoms with Gasteiger partial charge in [0.25, 0.3) is 0 Å². The zero-order valence-corrected chi connectivity index (χ0v) is 15.0. The van der Waals surface area contributed by atoms with E-state index in [9.17, 15) is 0 Å². The third-order valence-corrected chi connectivity index (χ3v) is 3.77. The molecule has 23 heavy (non-hydrogen) atoms. The van der Waals surface area contributed by atoms with E-state index in [1.807, 2.05) is 6.92 Å². The molecule has 124 valence electrons. The monoisotopic (exact) mass is 312 g/mol. The van der Waals surface area contributed by atoms with Gasteiger partial charge in [-0.3, -0.25) is 0 Å². The lowest BCUT2D eigenvalue weighted by atomic mass is 10.1. The van der Waals surface area contributed by atoms with E-state index < -0.39 is 0 Å². The number of anilines is 1. The average molecular weight is 312 g/mol. The summed E-state index contributed by atoms with van der Waals surface area (Å²) in [7, 11) is 4.14. The summed E-state index contributed by atoms with van der Waals surface area (Å²) >= 11 is 0. The van der Waals surface area contributed by atoms with Crippen LogP contribution in [0, 0.1) is 6.92 Å². The highest BCUT2D eigenvalue weighted by Gasteiger charge is 2.11. The molecule has 4 nitrogen and oxygen atoms in total. The van der Waals surface area contributed by atoms with Crippen LogP contribution in [-0.4, -0.2) is 48.6 Å². The Morgan fingerprint density at radius 1 is 1.13 bits per heavy atom. The predicted octanol–water partition coefficient (Wildman–Crippen LogP) is 3.75. The number of likely N-dealkylation sites (N-methyl/N-ethyl adjacent to an activating group) is 1. The van der Waals surface area contributed by atoms with Crippen LogP contribution in [0.15, 0.2) is 24.3 Å². The van der Waals surface area contributed by atoms with Gasteiger partial charge in [-0.05, 0) is 52.1 Å². The minimum absolute atomic E-state index is 0.830. The van der Waals surface area contributed by atoms with Crippen molar-refractivity contribution >= 4 is 22.8 Å². The van der Waals surface area contributed by atoms with Gasteiger partial charge in [-0.2, -0.15) is 0 Å². The van der Waals surface area contributed by atoms with Crippen LogP contribution in [0.1, 0.15) is 31.7 Å². The Morgan fingerprint density at radius 2 is 1.91 bits per heavy atom. The highest BCUT2D eigenvalue weighted by Crippen LogP contribution is 2.25. The Hall–Kier alpha value is -1.94. The summed E-state index contributed by atoms with van der Waals surface area (Å²) in [5.41, 5.74) is 2.20. The first-order chi connectivity index (χ1) is 11.0. The molecule has 0 saturated carbocycles. The number of hydrogen-bond donors (Lipinski definition) is 0. The average Bonchev–Trinajstić information content (AvgIpc) is 2.51. The minimum atomic E-state index is 0.830. The molecule has 0 fully saturated rings. The van der Waals surface area contributed by atoms with E-state index in [0.29, 0.717) is 0 Å². The third-order valence-electron chi connectivity index (χ3n) is 3.77. The van der Waals surface area contributed by atoms with E-state index in [1.54, 1.807) is 0 Å². The van der Waals surface area contributed by atoms with Crippen molar-refractivity contribution in [1.82, 2.24) is 14.9 Å². The fraction of sp³-hybridized carbons (Fsp3) is 0.474. The molecule has 2 rings (SSSR count). The van der Waals surface area contributed by atoms with Gasteiger partial charge in [0, 0.05) is 25.0 Å². The van der Waals surface area contributed by atoms with Gasteiger partial charge >= 0.3 is 0 Å². The maximum atomic E-state index is 4.70. The fourth-order valence-corrected chi connectivity index (χ4v) is 2.67. The topological polar surface area (TPSA) is 32.3 Å². The van der Waals surface area contributed by atoms with Crippen LogP contribution in [0.5, 0.6) is 0 Å². The van der Waals surface area contributed by atoms with Gasteiger partial charge in [0.2, 0.25) is 0 Å². The Kier molecular flexibility index (Phi) is 6.11. The van der Waals surface area contributed by atoms with Crippen LogP contribution < -0.4 is 4.90 Å². The molecule has 0 aliphatic heterocycles. The van der Waals surface area contributed by atoms with Crippen molar-refractivity contribution in [2.24, 2.45) is 0 Å². The third kappa shape index (κ3) is 4.52. The van der Waals surface area contributed by atoms with E-state index in [-0.39, 0.29) is 0 Å². The molecule has 0 N–H and O–H groups in total. The van der Waals surface area contributed by atoms with Gasteiger partial charge in [0.05, 0.1) is 5.52 Å². The molecule has 0 saturated heterocycles. The van der Waals surface area contributed by atoms with E-state index in [1.165, 1.54) is 5.56 Å². The first-order valence-corrected chi connectivity index (χ1v) is 8.39. The molecular formula is C19H28N4. The highest BCUT2D eigenvalue weighted by atomic mass is 15.2. The summed E-state index contributed by atoms with van der Waals surface area (Å²) in [6, 6.07) is 6.45. The largest absolute Gasteiger partial charge is 0.356 e. The van der Waals surface area contributed by atoms with Crippen molar-refractivity contribution < 1.29 is 0 Å². The Balaban J connectivity index is 2.41. The van der Waals surface area contributed by atoms with Crippen molar-refractivity contribution in [1.29, 1.82) is 0 Å². The summed E-state index contributed by atoms with van der Waals surface area (Å²) < 4.78 is 0. The molecule has 0 aliphatic rings. The molecule has 0 amide bonds. The van der Waals surface area contributed by atoms with Crippen LogP contribution in [0.2, 0.25) is 0 Å². The fourth-order valence-electron chi connectivity index (χ4n) is 2.67. The molecule has 1 heterocycles. The van der Waals surface area contributed by atoms with Crippen LogP contribution >= 0.6 is 0 Å². The number of aromatic nitrogens is 2. The molecule has 4 heteroatoms. The lowest BCUT2D eigenvalue weighted by Crippen LogP contribution is -2.25. The molecular weight excluding hydrogens is 284 g/mol. The van der Waals surface area contributed by atoms with Crippen molar-refractivity contribution in [2.45, 2.75) is 27.2 Å². The minimum Gasteiger partial charge on any atom is -0.356 e. The quantitative estimate of drug-likeness (QED) is 0.779. The molecule has 0 aliphatic carbocycles. The molecule has 0 radical (unpaired) electrons. The van der Waals surface area contributed by atoms with Gasteiger partial charge < -0.3 is 9.80 Å². The second-order valence-electron chi connectivity index (χ2n) is 6.12. The van der Waals surface area contributed by atoms with Crippen molar-refractivity contribution in [2.75, 3.05) is 38.6 Å². The number of hydrogen-bond acceptors (Lipinski definition) is 4. The van der Waals surface area contributed by atoms with Gasteiger partial charge in [0.15, 0.2) is 0 Å². The second kappa shape index (κ2) is 8.06. The summed E-state index contributed by atoms with van der Waals surface area (Å²) in [6.07, 6.45) is 5.44. The van der Waals surface area contributed by atoms with Crippen molar-refractivity contribution in [3.8, 4) is 0 Å². The second-order valence-corrected chi connectivity index (χ2v) is 6.12. The predicted molar refractivity (Wildman–Crippen MR) is 100 cm³/mol. The van der Waals surface area contributed by atoms with Gasteiger partial charge in [-0.15, -0.1) is 0 Å². The Morgan fingerprint density at radius 3 is 2.57 bits per heavy atom. The maximum absolute atomic E-state index is 4.70. The van der Waals surface area contributed by atoms with Crippen molar-refractivity contribution in [3.05, 3.63) is 35.7 Å². The van der Waals surface area contributed by atoms with Gasteiger partial charge in [-0.1, -0.05) is 25.1 Å². The summed E-state index contributed by atoms with van der Waals surface area (Å²) in [4.78, 5) is 13.8. The van der Waals surface area contributed by atoms with Crippen molar-refractivity contribution in [3.63, 3.8) is 0 Å². The lowest BCUT2D eigenvalue weighted by Gasteiger charge is -2.23. The van der Waals surface area contributed by atoms with Gasteiger partial charge in [0.1, 0.15) is 11.6 Å². The van der Waals surface area contributed by atoms with E-state index >= 15 is 0 Å². The molecule has 0 atom stereocenters. The summed E-state index contributed by atoms with van der Waals surface area (Å²) in [6.45, 7) is 9.27. The first-order valence-electron chi connectivity index (χ1n) is 8.39. The molecule has 0 bridgehead atoms. The van der Waals surface area contributed by atoms with E-state index in [4.69, 9.17) is 4.98 Å². The molecule has 1 aromatic carbocycles. The summed E-state index contributed by atoms with van der Waals surface area (Å²) in [5.74, 6) is 1.89. The van der Waals surface area contributed by atoms with Crippen LogP contribution in [0.3, 0.4) is 0 Å². The van der Waals surface area contributed by atoms with E-state index in [0.717, 1.165) is 48.6 Å². The Bertz CT molecular complexity index is 676. The summed E-state index contributed by atoms with van der Waals surface area (Å²) in [5, 5.41) is 1.13. The molecule has 0 unspecified atom stereocenters. The number of fused-ring (bicyclic) bond motifs is 1. The molecule has 2 aromatic rings. The Labute approximate surface area is 139 Å². The molecule has 1 aromatic heterocycles. The maximum Gasteiger partial charge on any atom is 0.140 e. The van der Waals surface area contributed by atoms with Gasteiger partial charge in [-0.25, -0.2) is 9.97 Å². The number of benzene rings is 1. The number of aryl methyl sites for hydroxylation is 1. The SMILES string of the molecule is CCCN(CC)c1nc(C)nc2cc(/C=C/CN(C)C)ccc12. The standard InChI is InChI=1S/C19H28N4/c1-6-12-23(7-2)19-17-11-10-16(9-8-13-22(4)5)14-18(17)20-15(3)21-19/h8-11,14H,6-7,12-13H2,1-5H3/b9-8+. The molecule has 0 spiro atoms. The number of nitrogens with zero attached hydrogens (tertiary/aromatic N) is 4. The smallest absolute Gasteiger partial charge is 0.140 e. The zero-order valence-electron chi connectivity index (χ0n) is 15.0. The van der Waals surface area contributed by atoms with Crippen LogP contribution in [0.4, 0.5) is 5.82 Å². The number of rotatable bonds is 7. The van der Waals surface area contributed by atoms with Crippen LogP contribution in [0.25, 0.3) is 17.0 Å². The first kappa shape index (κ1) is 17.4. The normalized spacial score (nSPS) is 11.7. The zero-order chi connectivity index (χ0) is 16.8. The van der Waals surface area contributed by atoms with E-state index in [2.05, 4.69) is 73.1 Å². The highest BCUT2D eigenvalue weighted by molar-refractivity contribution is 5.91. The lowest BCUT2D eigenvalue weighted by molar-refractivity contribution is 0.457.